The lowest BCUT2D eigenvalue weighted by atomic mass is 10.00. The predicted octanol–water partition coefficient (Wildman–Crippen LogP) is 1.93. The zero-order chi connectivity index (χ0) is 15.3. The molecule has 1 aliphatic rings. The van der Waals surface area contributed by atoms with E-state index in [0.717, 1.165) is 12.8 Å². The number of hydrogen-bond donors (Lipinski definition) is 1. The quantitative estimate of drug-likeness (QED) is 0.658. The maximum Gasteiger partial charge on any atom is 0.273 e. The van der Waals surface area contributed by atoms with Gasteiger partial charge in [0.2, 0.25) is 0 Å². The molecule has 0 heterocycles. The number of rotatable bonds is 5. The van der Waals surface area contributed by atoms with E-state index >= 15 is 0 Å². The molecule has 0 saturated heterocycles. The van der Waals surface area contributed by atoms with E-state index in [0.29, 0.717) is 12.8 Å². The molecule has 1 aromatic carbocycles. The average Bonchev–Trinajstić information content (AvgIpc) is 2.94. The van der Waals surface area contributed by atoms with Gasteiger partial charge in [0.05, 0.1) is 17.1 Å². The SMILES string of the molecule is N#CC1(NC(=O)COc2cccc([N+](=O)[O-])c2)CCCC1. The Bertz CT molecular complexity index is 588. The van der Waals surface area contributed by atoms with Crippen molar-refractivity contribution in [2.24, 2.45) is 0 Å². The van der Waals surface area contributed by atoms with Crippen molar-refractivity contribution in [3.8, 4) is 11.8 Å². The Labute approximate surface area is 121 Å². The van der Waals surface area contributed by atoms with Crippen LogP contribution in [0.1, 0.15) is 25.7 Å². The minimum atomic E-state index is -0.789. The Morgan fingerprint density at radius 2 is 2.19 bits per heavy atom. The number of nitro benzene ring substituents is 1. The van der Waals surface area contributed by atoms with E-state index in [9.17, 15) is 14.9 Å². The molecule has 0 aromatic heterocycles. The summed E-state index contributed by atoms with van der Waals surface area (Å²) in [7, 11) is 0. The third-order valence-corrected chi connectivity index (χ3v) is 3.45. The number of nitriles is 1. The monoisotopic (exact) mass is 289 g/mol. The smallest absolute Gasteiger partial charge is 0.273 e. The number of carbonyl (C=O) groups is 1. The lowest BCUT2D eigenvalue weighted by Gasteiger charge is -2.21. The van der Waals surface area contributed by atoms with Gasteiger partial charge >= 0.3 is 0 Å². The predicted molar refractivity (Wildman–Crippen MR) is 73.5 cm³/mol. The van der Waals surface area contributed by atoms with Gasteiger partial charge < -0.3 is 10.1 Å². The van der Waals surface area contributed by atoms with Gasteiger partial charge in [-0.1, -0.05) is 6.07 Å². The van der Waals surface area contributed by atoms with Crippen molar-refractivity contribution in [2.45, 2.75) is 31.2 Å². The van der Waals surface area contributed by atoms with E-state index in [1.54, 1.807) is 0 Å². The van der Waals surface area contributed by atoms with Crippen molar-refractivity contribution in [3.05, 3.63) is 34.4 Å². The highest BCUT2D eigenvalue weighted by atomic mass is 16.6. The summed E-state index contributed by atoms with van der Waals surface area (Å²) in [6, 6.07) is 7.77. The van der Waals surface area contributed by atoms with Gasteiger partial charge in [0, 0.05) is 6.07 Å². The van der Waals surface area contributed by atoms with Crippen LogP contribution in [0.15, 0.2) is 24.3 Å². The van der Waals surface area contributed by atoms with Gasteiger partial charge in [0.15, 0.2) is 6.61 Å². The van der Waals surface area contributed by atoms with Crippen LogP contribution < -0.4 is 10.1 Å². The summed E-state index contributed by atoms with van der Waals surface area (Å²) >= 11 is 0. The molecule has 0 spiro atoms. The molecule has 1 aromatic rings. The van der Waals surface area contributed by atoms with Crippen LogP contribution in [-0.4, -0.2) is 23.0 Å². The first-order chi connectivity index (χ1) is 10.0. The second-order valence-corrected chi connectivity index (χ2v) is 4.99. The van der Waals surface area contributed by atoms with E-state index in [2.05, 4.69) is 11.4 Å². The van der Waals surface area contributed by atoms with Gasteiger partial charge in [-0.05, 0) is 31.7 Å². The molecule has 1 fully saturated rings. The van der Waals surface area contributed by atoms with E-state index in [4.69, 9.17) is 10.00 Å². The highest BCUT2D eigenvalue weighted by Gasteiger charge is 2.35. The number of amides is 1. The number of nitro groups is 1. The normalized spacial score (nSPS) is 16.0. The van der Waals surface area contributed by atoms with E-state index in [1.165, 1.54) is 24.3 Å². The van der Waals surface area contributed by atoms with Crippen molar-refractivity contribution in [3.63, 3.8) is 0 Å². The fourth-order valence-corrected chi connectivity index (χ4v) is 2.38. The van der Waals surface area contributed by atoms with E-state index < -0.39 is 16.4 Å². The Balaban J connectivity index is 1.91. The third-order valence-electron chi connectivity index (χ3n) is 3.45. The Kier molecular flexibility index (Phi) is 4.38. The van der Waals surface area contributed by atoms with Crippen LogP contribution in [0.4, 0.5) is 5.69 Å². The fraction of sp³-hybridized carbons (Fsp3) is 0.429. The van der Waals surface area contributed by atoms with Gasteiger partial charge in [-0.25, -0.2) is 0 Å². The molecule has 0 aliphatic heterocycles. The van der Waals surface area contributed by atoms with Gasteiger partial charge in [0.1, 0.15) is 11.3 Å². The number of nitrogens with one attached hydrogen (secondary N) is 1. The fourth-order valence-electron chi connectivity index (χ4n) is 2.38. The summed E-state index contributed by atoms with van der Waals surface area (Å²) in [5.41, 5.74) is -0.888. The first kappa shape index (κ1) is 14.8. The topological polar surface area (TPSA) is 105 Å². The average molecular weight is 289 g/mol. The minimum absolute atomic E-state index is 0.0998. The Morgan fingerprint density at radius 1 is 1.48 bits per heavy atom. The Hall–Kier alpha value is -2.62. The summed E-state index contributed by atoms with van der Waals surface area (Å²) in [6.07, 6.45) is 3.12. The molecule has 110 valence electrons. The summed E-state index contributed by atoms with van der Waals surface area (Å²) in [6.45, 7) is -0.273. The van der Waals surface area contributed by atoms with E-state index in [-0.39, 0.29) is 18.0 Å². The number of nitrogens with zero attached hydrogens (tertiary/aromatic N) is 2. The number of carbonyl (C=O) groups excluding carboxylic acids is 1. The molecule has 7 nitrogen and oxygen atoms in total. The van der Waals surface area contributed by atoms with E-state index in [1.807, 2.05) is 0 Å². The summed E-state index contributed by atoms with van der Waals surface area (Å²) in [5, 5.41) is 22.5. The number of benzene rings is 1. The second kappa shape index (κ2) is 6.22. The largest absolute Gasteiger partial charge is 0.484 e. The van der Waals surface area contributed by atoms with Crippen molar-refractivity contribution >= 4 is 11.6 Å². The van der Waals surface area contributed by atoms with Crippen molar-refractivity contribution < 1.29 is 14.5 Å². The first-order valence-electron chi connectivity index (χ1n) is 6.64. The molecular formula is C14H15N3O4. The van der Waals surface area contributed by atoms with Crippen molar-refractivity contribution in [2.75, 3.05) is 6.61 Å². The molecule has 0 atom stereocenters. The molecule has 0 radical (unpaired) electrons. The highest BCUT2D eigenvalue weighted by Crippen LogP contribution is 2.28. The van der Waals surface area contributed by atoms with Crippen molar-refractivity contribution in [1.82, 2.24) is 5.32 Å². The van der Waals surface area contributed by atoms with Crippen LogP contribution in [0.5, 0.6) is 5.75 Å². The third kappa shape index (κ3) is 3.69. The summed E-state index contributed by atoms with van der Waals surface area (Å²) in [4.78, 5) is 21.9. The first-order valence-corrected chi connectivity index (χ1v) is 6.64. The van der Waals surface area contributed by atoms with Crippen LogP contribution in [-0.2, 0) is 4.79 Å². The molecule has 1 amide bonds. The Morgan fingerprint density at radius 3 is 2.81 bits per heavy atom. The van der Waals surface area contributed by atoms with Crippen LogP contribution in [0.2, 0.25) is 0 Å². The molecular weight excluding hydrogens is 274 g/mol. The maximum atomic E-state index is 11.8. The summed E-state index contributed by atoms with van der Waals surface area (Å²) in [5.74, 6) is -0.151. The van der Waals surface area contributed by atoms with Gasteiger partial charge in [-0.15, -0.1) is 0 Å². The van der Waals surface area contributed by atoms with Crippen LogP contribution in [0.25, 0.3) is 0 Å². The van der Waals surface area contributed by atoms with Crippen LogP contribution in [0, 0.1) is 21.4 Å². The molecule has 0 unspecified atom stereocenters. The lowest BCUT2D eigenvalue weighted by Crippen LogP contribution is -2.47. The molecule has 21 heavy (non-hydrogen) atoms. The zero-order valence-electron chi connectivity index (χ0n) is 11.4. The molecule has 2 rings (SSSR count). The zero-order valence-corrected chi connectivity index (χ0v) is 11.4. The minimum Gasteiger partial charge on any atom is -0.484 e. The van der Waals surface area contributed by atoms with Crippen LogP contribution in [0.3, 0.4) is 0 Å². The molecule has 0 bridgehead atoms. The molecule has 7 heteroatoms. The van der Waals surface area contributed by atoms with Gasteiger partial charge in [-0.3, -0.25) is 14.9 Å². The number of non-ortho nitro benzene ring substituents is 1. The second-order valence-electron chi connectivity index (χ2n) is 4.99. The number of ether oxygens (including phenoxy) is 1. The summed E-state index contributed by atoms with van der Waals surface area (Å²) < 4.78 is 5.23. The van der Waals surface area contributed by atoms with Crippen LogP contribution >= 0.6 is 0 Å². The number of hydrogen-bond acceptors (Lipinski definition) is 5. The van der Waals surface area contributed by atoms with Crippen molar-refractivity contribution in [1.29, 1.82) is 5.26 Å². The highest BCUT2D eigenvalue weighted by molar-refractivity contribution is 5.79. The molecule has 1 aliphatic carbocycles. The standard InChI is InChI=1S/C14H15N3O4/c15-10-14(6-1-2-7-14)16-13(18)9-21-12-5-3-4-11(8-12)17(19)20/h3-5,8H,1-2,6-7,9H2,(H,16,18). The van der Waals surface area contributed by atoms with Gasteiger partial charge in [0.25, 0.3) is 11.6 Å². The lowest BCUT2D eigenvalue weighted by molar-refractivity contribution is -0.384. The molecule has 1 N–H and O–H groups in total. The maximum absolute atomic E-state index is 11.8. The van der Waals surface area contributed by atoms with Gasteiger partial charge in [-0.2, -0.15) is 5.26 Å². The molecule has 1 saturated carbocycles.